The van der Waals surface area contributed by atoms with Crippen molar-refractivity contribution in [3.05, 3.63) is 5.21 Å². The van der Waals surface area contributed by atoms with Crippen LogP contribution >= 0.6 is 0 Å². The molecule has 0 aliphatic rings. The van der Waals surface area contributed by atoms with Crippen LogP contribution < -0.4 is 0 Å². The van der Waals surface area contributed by atoms with E-state index in [4.69, 9.17) is 0 Å². The lowest BCUT2D eigenvalue weighted by molar-refractivity contribution is -0.436. The molecule has 0 saturated heterocycles. The van der Waals surface area contributed by atoms with Crippen LogP contribution in [0.25, 0.3) is 0 Å². The third-order valence-electron chi connectivity index (χ3n) is 1.18. The second-order valence-electron chi connectivity index (χ2n) is 2.54. The Labute approximate surface area is 62.9 Å². The van der Waals surface area contributed by atoms with Gasteiger partial charge in [0.1, 0.15) is 7.05 Å². The van der Waals surface area contributed by atoms with Crippen LogP contribution in [-0.2, 0) is 0 Å². The van der Waals surface area contributed by atoms with E-state index in [0.29, 0.717) is 0 Å². The third kappa shape index (κ3) is 2.78. The summed E-state index contributed by atoms with van der Waals surface area (Å²) in [5.74, 6) is -0.794. The van der Waals surface area contributed by atoms with Gasteiger partial charge in [-0.2, -0.15) is 13.2 Å². The molecule has 0 N–H and O–H groups in total. The number of hydrogen-bond donors (Lipinski definition) is 0. The van der Waals surface area contributed by atoms with Gasteiger partial charge in [0.15, 0.2) is 0 Å². The van der Waals surface area contributed by atoms with Gasteiger partial charge in [-0.25, -0.2) is 4.74 Å². The normalized spacial score (nSPS) is 15.2. The van der Waals surface area contributed by atoms with E-state index in [1.807, 2.05) is 0 Å². The zero-order chi connectivity index (χ0) is 9.23. The van der Waals surface area contributed by atoms with Crippen molar-refractivity contribution in [1.29, 1.82) is 0 Å². The van der Waals surface area contributed by atoms with Gasteiger partial charge in [-0.3, -0.25) is 0 Å². The molecule has 66 valence electrons. The van der Waals surface area contributed by atoms with Gasteiger partial charge < -0.3 is 5.21 Å². The molecule has 0 unspecified atom stereocenters. The first-order valence-electron chi connectivity index (χ1n) is 3.11. The Morgan fingerprint density at radius 1 is 1.36 bits per heavy atom. The molecule has 5 heteroatoms. The van der Waals surface area contributed by atoms with Crippen molar-refractivity contribution in [2.75, 3.05) is 7.05 Å². The first-order chi connectivity index (χ1) is 4.76. The second kappa shape index (κ2) is 3.11. The molecule has 0 fully saturated rings. The van der Waals surface area contributed by atoms with Gasteiger partial charge in [-0.15, -0.1) is 0 Å². The van der Waals surface area contributed by atoms with E-state index in [9.17, 15) is 18.4 Å². The van der Waals surface area contributed by atoms with E-state index in [0.717, 1.165) is 7.05 Å². The van der Waals surface area contributed by atoms with Crippen molar-refractivity contribution in [3.8, 4) is 0 Å². The van der Waals surface area contributed by atoms with Gasteiger partial charge in [0.25, 0.3) is 5.71 Å². The molecule has 0 bridgehead atoms. The lowest BCUT2D eigenvalue weighted by Crippen LogP contribution is -2.34. The summed E-state index contributed by atoms with van der Waals surface area (Å²) in [6.45, 7) is 2.66. The van der Waals surface area contributed by atoms with Gasteiger partial charge >= 0.3 is 6.18 Å². The predicted octanol–water partition coefficient (Wildman–Crippen LogP) is 1.79. The first kappa shape index (κ1) is 10.3. The summed E-state index contributed by atoms with van der Waals surface area (Å²) in [6, 6.07) is 0. The molecule has 0 radical (unpaired) electrons. The number of alkyl halides is 3. The fourth-order valence-electron chi connectivity index (χ4n) is 0.869. The third-order valence-corrected chi connectivity index (χ3v) is 1.18. The van der Waals surface area contributed by atoms with Crippen LogP contribution in [-0.4, -0.2) is 23.7 Å². The van der Waals surface area contributed by atoms with Crippen molar-refractivity contribution in [1.82, 2.24) is 0 Å². The van der Waals surface area contributed by atoms with Crippen LogP contribution in [0.4, 0.5) is 13.2 Å². The minimum absolute atomic E-state index is 0.134. The zero-order valence-electron chi connectivity index (χ0n) is 6.57. The van der Waals surface area contributed by atoms with Gasteiger partial charge in [0.05, 0.1) is 0 Å². The topological polar surface area (TPSA) is 26.1 Å². The van der Waals surface area contributed by atoms with E-state index in [1.165, 1.54) is 13.8 Å². The van der Waals surface area contributed by atoms with Gasteiger partial charge in [0, 0.05) is 5.92 Å². The Morgan fingerprint density at radius 2 is 1.73 bits per heavy atom. The van der Waals surface area contributed by atoms with Crippen molar-refractivity contribution < 1.29 is 17.9 Å². The summed E-state index contributed by atoms with van der Waals surface area (Å²) in [6.07, 6.45) is -4.51. The number of hydrogen-bond acceptors (Lipinski definition) is 1. The average molecular weight is 169 g/mol. The maximum absolute atomic E-state index is 11.9. The second-order valence-corrected chi connectivity index (χ2v) is 2.54. The van der Waals surface area contributed by atoms with Gasteiger partial charge in [-0.05, 0) is 0 Å². The van der Waals surface area contributed by atoms with Crippen LogP contribution in [0.3, 0.4) is 0 Å². The maximum atomic E-state index is 11.9. The molecule has 0 aliphatic heterocycles. The highest BCUT2D eigenvalue weighted by molar-refractivity contribution is 5.86. The van der Waals surface area contributed by atoms with Crippen LogP contribution in [0.2, 0.25) is 0 Å². The molecule has 0 amide bonds. The number of rotatable bonds is 1. The van der Waals surface area contributed by atoms with Gasteiger partial charge in [-0.1, -0.05) is 13.8 Å². The Balaban J connectivity index is 4.80. The predicted molar refractivity (Wildman–Crippen MR) is 35.5 cm³/mol. The molecule has 0 aromatic carbocycles. The van der Waals surface area contributed by atoms with Crippen molar-refractivity contribution in [2.24, 2.45) is 5.92 Å². The molecule has 0 atom stereocenters. The largest absolute Gasteiger partial charge is 0.624 e. The fourth-order valence-corrected chi connectivity index (χ4v) is 0.869. The molecule has 0 heterocycles. The van der Waals surface area contributed by atoms with Crippen molar-refractivity contribution in [3.63, 3.8) is 0 Å². The number of halogens is 3. The molecule has 0 saturated carbocycles. The fraction of sp³-hybridized carbons (Fsp3) is 0.833. The Morgan fingerprint density at radius 3 is 1.73 bits per heavy atom. The lowest BCUT2D eigenvalue weighted by Gasteiger charge is -2.12. The SMILES string of the molecule is CC(C)C(=[N+](C)[O-])C(F)(F)F. The molecular formula is C6H10F3NO. The molecule has 0 aromatic heterocycles. The number of nitrogens with zero attached hydrogens (tertiary/aromatic N) is 1. The molecule has 0 aromatic rings. The summed E-state index contributed by atoms with van der Waals surface area (Å²) >= 11 is 0. The van der Waals surface area contributed by atoms with Crippen molar-refractivity contribution >= 4 is 5.71 Å². The lowest BCUT2D eigenvalue weighted by atomic mass is 10.1. The Hall–Kier alpha value is -0.740. The minimum Gasteiger partial charge on any atom is -0.624 e. The standard InChI is InChI=1S/C6H10F3NO/c1-4(2)5(10(3)11)6(7,8)9/h4H,1-3H3. The zero-order valence-corrected chi connectivity index (χ0v) is 6.57. The average Bonchev–Trinajstić information content (AvgIpc) is 1.54. The summed E-state index contributed by atoms with van der Waals surface area (Å²) in [5, 5.41) is 10.4. The smallest absolute Gasteiger partial charge is 0.474 e. The highest BCUT2D eigenvalue weighted by Gasteiger charge is 2.43. The van der Waals surface area contributed by atoms with Gasteiger partial charge in [0.2, 0.25) is 0 Å². The van der Waals surface area contributed by atoms with E-state index in [1.54, 1.807) is 0 Å². The Bertz CT molecular complexity index is 167. The molecule has 0 aliphatic carbocycles. The summed E-state index contributed by atoms with van der Waals surface area (Å²) in [5.41, 5.74) is -1.04. The van der Waals surface area contributed by atoms with Crippen molar-refractivity contribution in [2.45, 2.75) is 20.0 Å². The molecule has 2 nitrogen and oxygen atoms in total. The summed E-state index contributed by atoms with van der Waals surface area (Å²) in [4.78, 5) is 0. The quantitative estimate of drug-likeness (QED) is 0.254. The number of hydroxylamine groups is 1. The van der Waals surface area contributed by atoms with E-state index in [2.05, 4.69) is 0 Å². The maximum Gasteiger partial charge on any atom is 0.474 e. The van der Waals surface area contributed by atoms with E-state index in [-0.39, 0.29) is 4.74 Å². The molecule has 0 rings (SSSR count). The van der Waals surface area contributed by atoms with E-state index < -0.39 is 17.8 Å². The molecular weight excluding hydrogens is 159 g/mol. The minimum atomic E-state index is -4.51. The van der Waals surface area contributed by atoms with E-state index >= 15 is 0 Å². The van der Waals surface area contributed by atoms with Crippen LogP contribution in [0.15, 0.2) is 0 Å². The highest BCUT2D eigenvalue weighted by Crippen LogP contribution is 2.21. The summed E-state index contributed by atoms with van der Waals surface area (Å²) in [7, 11) is 0.850. The van der Waals surface area contributed by atoms with Crippen LogP contribution in [0.1, 0.15) is 13.8 Å². The Kier molecular flexibility index (Phi) is 2.90. The molecule has 0 spiro atoms. The first-order valence-corrected chi connectivity index (χ1v) is 3.11. The van der Waals surface area contributed by atoms with Crippen LogP contribution in [0.5, 0.6) is 0 Å². The molecule has 11 heavy (non-hydrogen) atoms. The van der Waals surface area contributed by atoms with Crippen LogP contribution in [0, 0.1) is 11.1 Å². The highest BCUT2D eigenvalue weighted by atomic mass is 19.4. The summed E-state index contributed by atoms with van der Waals surface area (Å²) < 4.78 is 35.7. The monoisotopic (exact) mass is 169 g/mol.